The molecule has 196 valence electrons. The van der Waals surface area contributed by atoms with Crippen molar-refractivity contribution in [3.8, 4) is 11.1 Å². The van der Waals surface area contributed by atoms with Gasteiger partial charge in [0.2, 0.25) is 5.91 Å². The average molecular weight is 510 g/mol. The van der Waals surface area contributed by atoms with E-state index in [9.17, 15) is 9.59 Å². The molecule has 1 aliphatic carbocycles. The Morgan fingerprint density at radius 2 is 1.74 bits per heavy atom. The van der Waals surface area contributed by atoms with Crippen molar-refractivity contribution >= 4 is 35.5 Å². The van der Waals surface area contributed by atoms with Gasteiger partial charge in [0.1, 0.15) is 0 Å². The molecule has 1 aliphatic rings. The van der Waals surface area contributed by atoms with Gasteiger partial charge in [0.05, 0.1) is 13.7 Å². The SMILES string of the molecule is CNc1ccc(-c2ccc(CN(C(=O)C3CCCCC3)c3cccc(/C=C/C(=O)OC)c3)cc2)cc1C=N. The van der Waals surface area contributed by atoms with Gasteiger partial charge in [-0.15, -0.1) is 0 Å². The van der Waals surface area contributed by atoms with E-state index in [1.54, 1.807) is 6.08 Å². The van der Waals surface area contributed by atoms with Crippen molar-refractivity contribution in [2.75, 3.05) is 24.4 Å². The first-order chi connectivity index (χ1) is 18.5. The molecule has 1 amide bonds. The van der Waals surface area contributed by atoms with Gasteiger partial charge in [-0.25, -0.2) is 4.79 Å². The minimum Gasteiger partial charge on any atom is -0.466 e. The molecule has 0 unspecified atom stereocenters. The lowest BCUT2D eigenvalue weighted by Gasteiger charge is -2.30. The van der Waals surface area contributed by atoms with Crippen molar-refractivity contribution in [1.82, 2.24) is 0 Å². The van der Waals surface area contributed by atoms with E-state index in [2.05, 4.69) is 29.6 Å². The number of rotatable bonds is 9. The van der Waals surface area contributed by atoms with Crippen molar-refractivity contribution in [2.24, 2.45) is 5.92 Å². The molecule has 0 saturated heterocycles. The highest BCUT2D eigenvalue weighted by molar-refractivity contribution is 5.95. The minimum absolute atomic E-state index is 0.0301. The molecule has 1 fully saturated rings. The average Bonchev–Trinajstić information content (AvgIpc) is 2.98. The molecule has 38 heavy (non-hydrogen) atoms. The van der Waals surface area contributed by atoms with Gasteiger partial charge in [0.15, 0.2) is 0 Å². The number of anilines is 2. The molecule has 3 aromatic carbocycles. The van der Waals surface area contributed by atoms with E-state index in [0.29, 0.717) is 6.54 Å². The summed E-state index contributed by atoms with van der Waals surface area (Å²) in [4.78, 5) is 27.2. The highest BCUT2D eigenvalue weighted by atomic mass is 16.5. The lowest BCUT2D eigenvalue weighted by atomic mass is 9.88. The normalized spacial score (nSPS) is 13.7. The van der Waals surface area contributed by atoms with Gasteiger partial charge in [-0.05, 0) is 65.4 Å². The Morgan fingerprint density at radius 1 is 1.00 bits per heavy atom. The highest BCUT2D eigenvalue weighted by Gasteiger charge is 2.27. The van der Waals surface area contributed by atoms with Crippen LogP contribution in [0.5, 0.6) is 0 Å². The summed E-state index contributed by atoms with van der Waals surface area (Å²) in [5.41, 5.74) is 6.52. The van der Waals surface area contributed by atoms with E-state index >= 15 is 0 Å². The molecule has 6 heteroatoms. The fourth-order valence-corrected chi connectivity index (χ4v) is 4.97. The summed E-state index contributed by atoms with van der Waals surface area (Å²) in [7, 11) is 3.20. The molecule has 0 aromatic heterocycles. The molecule has 1 saturated carbocycles. The molecule has 4 rings (SSSR count). The second-order valence-corrected chi connectivity index (χ2v) is 9.60. The molecular formula is C32H35N3O3. The van der Waals surface area contributed by atoms with E-state index in [-0.39, 0.29) is 11.8 Å². The third kappa shape index (κ3) is 6.57. The Morgan fingerprint density at radius 3 is 2.42 bits per heavy atom. The van der Waals surface area contributed by atoms with Crippen molar-refractivity contribution in [2.45, 2.75) is 38.6 Å². The number of carbonyl (C=O) groups excluding carboxylic acids is 2. The first-order valence-electron chi connectivity index (χ1n) is 13.1. The summed E-state index contributed by atoms with van der Waals surface area (Å²) in [6.45, 7) is 0.463. The molecule has 3 aromatic rings. The fraction of sp³-hybridized carbons (Fsp3) is 0.281. The van der Waals surface area contributed by atoms with E-state index < -0.39 is 5.97 Å². The van der Waals surface area contributed by atoms with Crippen molar-refractivity contribution in [3.05, 3.63) is 89.5 Å². The number of hydrogen-bond acceptors (Lipinski definition) is 5. The zero-order chi connectivity index (χ0) is 26.9. The van der Waals surface area contributed by atoms with E-state index in [1.807, 2.05) is 54.4 Å². The van der Waals surface area contributed by atoms with Gasteiger partial charge < -0.3 is 20.4 Å². The summed E-state index contributed by atoms with van der Waals surface area (Å²) < 4.78 is 4.71. The minimum atomic E-state index is -0.418. The Labute approximate surface area is 224 Å². The Bertz CT molecular complexity index is 1310. The van der Waals surface area contributed by atoms with Crippen molar-refractivity contribution in [3.63, 3.8) is 0 Å². The Kier molecular flexibility index (Phi) is 9.09. The number of ether oxygens (including phenoxy) is 1. The number of benzene rings is 3. The first-order valence-corrected chi connectivity index (χ1v) is 13.1. The van der Waals surface area contributed by atoms with Gasteiger partial charge in [0.25, 0.3) is 0 Å². The van der Waals surface area contributed by atoms with Gasteiger partial charge in [0, 0.05) is 42.2 Å². The maximum Gasteiger partial charge on any atom is 0.330 e. The number of carbonyl (C=O) groups is 2. The van der Waals surface area contributed by atoms with E-state index in [1.165, 1.54) is 25.8 Å². The van der Waals surface area contributed by atoms with Crippen LogP contribution >= 0.6 is 0 Å². The van der Waals surface area contributed by atoms with Crippen LogP contribution in [0.2, 0.25) is 0 Å². The number of nitrogens with one attached hydrogen (secondary N) is 2. The number of hydrogen-bond donors (Lipinski definition) is 2. The highest BCUT2D eigenvalue weighted by Crippen LogP contribution is 2.30. The Hall–Kier alpha value is -4.19. The van der Waals surface area contributed by atoms with Gasteiger partial charge in [-0.1, -0.05) is 61.7 Å². The maximum absolute atomic E-state index is 13.8. The largest absolute Gasteiger partial charge is 0.466 e. The smallest absolute Gasteiger partial charge is 0.330 e. The van der Waals surface area contributed by atoms with Gasteiger partial charge in [-0.3, -0.25) is 4.79 Å². The van der Waals surface area contributed by atoms with Gasteiger partial charge in [-0.2, -0.15) is 0 Å². The first kappa shape index (κ1) is 26.9. The zero-order valence-corrected chi connectivity index (χ0v) is 22.1. The van der Waals surface area contributed by atoms with Crippen LogP contribution in [-0.2, 0) is 20.9 Å². The molecule has 0 heterocycles. The number of methoxy groups -OCH3 is 1. The summed E-state index contributed by atoms with van der Waals surface area (Å²) in [5.74, 6) is -0.234. The molecule has 0 atom stereocenters. The number of nitrogens with zero attached hydrogens (tertiary/aromatic N) is 1. The summed E-state index contributed by atoms with van der Waals surface area (Å²) >= 11 is 0. The van der Waals surface area contributed by atoms with Crippen LogP contribution in [0.4, 0.5) is 11.4 Å². The number of esters is 1. The monoisotopic (exact) mass is 509 g/mol. The second kappa shape index (κ2) is 12.9. The van der Waals surface area contributed by atoms with Crippen LogP contribution in [0.3, 0.4) is 0 Å². The standard InChI is InChI=1S/C32H35N3O3/c1-34-30-17-16-27(20-28(30)21-33)25-14-11-24(12-15-25)22-35(32(37)26-8-4-3-5-9-26)29-10-6-7-23(19-29)13-18-31(36)38-2/h6-7,10-21,26,33-34H,3-5,8-9,22H2,1-2H3/b18-13+,33-21?. The Balaban J connectivity index is 1.61. The van der Waals surface area contributed by atoms with Crippen LogP contribution in [0, 0.1) is 11.3 Å². The lowest BCUT2D eigenvalue weighted by molar-refractivity contribution is -0.134. The molecular weight excluding hydrogens is 474 g/mol. The van der Waals surface area contributed by atoms with Crippen LogP contribution < -0.4 is 10.2 Å². The third-order valence-electron chi connectivity index (χ3n) is 7.12. The molecule has 0 radical (unpaired) electrons. The van der Waals surface area contributed by atoms with Crippen molar-refractivity contribution in [1.29, 1.82) is 5.41 Å². The quantitative estimate of drug-likeness (QED) is 0.191. The van der Waals surface area contributed by atoms with Crippen LogP contribution in [0.15, 0.2) is 72.8 Å². The topological polar surface area (TPSA) is 82.5 Å². The fourth-order valence-electron chi connectivity index (χ4n) is 4.97. The van der Waals surface area contributed by atoms with E-state index in [0.717, 1.165) is 64.9 Å². The molecule has 6 nitrogen and oxygen atoms in total. The van der Waals surface area contributed by atoms with Gasteiger partial charge >= 0.3 is 5.97 Å². The predicted molar refractivity (Wildman–Crippen MR) is 155 cm³/mol. The summed E-state index contributed by atoms with van der Waals surface area (Å²) in [5, 5.41) is 10.8. The predicted octanol–water partition coefficient (Wildman–Crippen LogP) is 6.69. The molecule has 0 aliphatic heterocycles. The molecule has 0 bridgehead atoms. The number of amides is 1. The van der Waals surface area contributed by atoms with Crippen LogP contribution in [0.1, 0.15) is 48.8 Å². The zero-order valence-electron chi connectivity index (χ0n) is 22.1. The third-order valence-corrected chi connectivity index (χ3v) is 7.12. The molecule has 0 spiro atoms. The van der Waals surface area contributed by atoms with Crippen LogP contribution in [0.25, 0.3) is 17.2 Å². The molecule has 2 N–H and O–H groups in total. The lowest BCUT2D eigenvalue weighted by Crippen LogP contribution is -2.36. The van der Waals surface area contributed by atoms with Crippen molar-refractivity contribution < 1.29 is 14.3 Å². The summed E-state index contributed by atoms with van der Waals surface area (Å²) in [6.07, 6.45) is 9.66. The van der Waals surface area contributed by atoms with E-state index in [4.69, 9.17) is 10.1 Å². The maximum atomic E-state index is 13.8. The second-order valence-electron chi connectivity index (χ2n) is 9.60. The summed E-state index contributed by atoms with van der Waals surface area (Å²) in [6, 6.07) is 22.0. The van der Waals surface area contributed by atoms with Crippen LogP contribution in [-0.4, -0.2) is 32.2 Å².